The Labute approximate surface area is 62.1 Å². The number of hydrogen-bond donors (Lipinski definition) is 5. The third kappa shape index (κ3) is 1.27. The highest BCUT2D eigenvalue weighted by atomic mass is 16.5. The molecular weight excluding hydrogens is 150 g/mol. The van der Waals surface area contributed by atoms with Crippen molar-refractivity contribution in [1.29, 1.82) is 0 Å². The second-order valence-corrected chi connectivity index (χ2v) is 1.97. The van der Waals surface area contributed by atoms with Crippen LogP contribution in [0.25, 0.3) is 0 Å². The Balaban J connectivity index is 3.25. The molecule has 0 aromatic heterocycles. The lowest BCUT2D eigenvalue weighted by Gasteiger charge is -2.04. The molecule has 0 spiro atoms. The predicted molar refractivity (Wildman–Crippen MR) is 36.8 cm³/mol. The molecule has 0 unspecified atom stereocenters. The molecule has 5 heteroatoms. The van der Waals surface area contributed by atoms with Gasteiger partial charge in [0.1, 0.15) is 22.9 Å². The molecule has 11 heavy (non-hydrogen) atoms. The van der Waals surface area contributed by atoms with Gasteiger partial charge in [-0.25, -0.2) is 0 Å². The molecule has 1 aromatic rings. The molecule has 0 heterocycles. The summed E-state index contributed by atoms with van der Waals surface area (Å²) >= 11 is 0. The molecule has 5 N–H and O–H groups in total. The second kappa shape index (κ2) is 2.55. The van der Waals surface area contributed by atoms with Gasteiger partial charge in [-0.2, -0.15) is 0 Å². The van der Waals surface area contributed by atoms with Crippen LogP contribution in [0.2, 0.25) is 0 Å². The normalized spacial score (nSPS) is 9.55. The van der Waals surface area contributed by atoms with Crippen molar-refractivity contribution in [3.05, 3.63) is 12.1 Å². The van der Waals surface area contributed by atoms with Gasteiger partial charge in [0.15, 0.2) is 0 Å². The summed E-state index contributed by atoms with van der Waals surface area (Å²) in [6, 6.07) is 1.97. The van der Waals surface area contributed by atoms with Crippen LogP contribution in [-0.2, 0) is 0 Å². The van der Waals surface area contributed by atoms with Crippen molar-refractivity contribution in [1.82, 2.24) is 0 Å². The largest absolute Gasteiger partial charge is 0.508 e. The third-order valence-electron chi connectivity index (χ3n) is 1.19. The van der Waals surface area contributed by atoms with Gasteiger partial charge in [-0.1, -0.05) is 0 Å². The first-order chi connectivity index (χ1) is 5.15. The summed E-state index contributed by atoms with van der Waals surface area (Å²) in [5.41, 5.74) is 1.35. The van der Waals surface area contributed by atoms with Crippen LogP contribution < -0.4 is 5.48 Å². The number of phenolic OH excluding ortho intramolecular Hbond substituents is 3. The highest BCUT2D eigenvalue weighted by Gasteiger charge is 2.07. The lowest BCUT2D eigenvalue weighted by Crippen LogP contribution is -1.89. The van der Waals surface area contributed by atoms with Crippen LogP contribution >= 0.6 is 0 Å². The summed E-state index contributed by atoms with van der Waals surface area (Å²) in [4.78, 5) is 0. The van der Waals surface area contributed by atoms with Gasteiger partial charge in [0, 0.05) is 12.1 Å². The molecule has 0 aliphatic carbocycles. The fourth-order valence-corrected chi connectivity index (χ4v) is 0.712. The molecule has 1 aromatic carbocycles. The predicted octanol–water partition coefficient (Wildman–Crippen LogP) is 0.604. The van der Waals surface area contributed by atoms with Crippen LogP contribution in [0.5, 0.6) is 17.2 Å². The lowest BCUT2D eigenvalue weighted by molar-refractivity contribution is 0.369. The average molecular weight is 157 g/mol. The molecule has 5 nitrogen and oxygen atoms in total. The summed E-state index contributed by atoms with van der Waals surface area (Å²) in [5, 5.41) is 35.0. The van der Waals surface area contributed by atoms with E-state index in [0.717, 1.165) is 12.1 Å². The van der Waals surface area contributed by atoms with E-state index in [2.05, 4.69) is 0 Å². The van der Waals surface area contributed by atoms with Gasteiger partial charge in [-0.05, 0) is 0 Å². The quantitative estimate of drug-likeness (QED) is 0.234. The Bertz CT molecular complexity index is 250. The van der Waals surface area contributed by atoms with E-state index in [9.17, 15) is 0 Å². The van der Waals surface area contributed by atoms with Crippen molar-refractivity contribution in [2.45, 2.75) is 0 Å². The molecule has 0 bridgehead atoms. The number of benzene rings is 1. The van der Waals surface area contributed by atoms with E-state index in [4.69, 9.17) is 20.5 Å². The number of hydrogen-bond acceptors (Lipinski definition) is 5. The molecule has 60 valence electrons. The van der Waals surface area contributed by atoms with Crippen LogP contribution in [0.4, 0.5) is 5.69 Å². The van der Waals surface area contributed by atoms with Crippen molar-refractivity contribution >= 4 is 5.69 Å². The molecule has 0 saturated carbocycles. The van der Waals surface area contributed by atoms with Gasteiger partial charge in [-0.15, -0.1) is 0 Å². The Morgan fingerprint density at radius 3 is 1.82 bits per heavy atom. The number of anilines is 1. The van der Waals surface area contributed by atoms with E-state index in [0.29, 0.717) is 0 Å². The maximum atomic E-state index is 8.93. The fourth-order valence-electron chi connectivity index (χ4n) is 0.712. The van der Waals surface area contributed by atoms with Crippen molar-refractivity contribution in [3.8, 4) is 17.2 Å². The third-order valence-corrected chi connectivity index (χ3v) is 1.19. The molecule has 0 aliphatic rings. The van der Waals surface area contributed by atoms with E-state index >= 15 is 0 Å². The molecule has 0 atom stereocenters. The molecular formula is C6H7NO4. The number of phenols is 3. The average Bonchev–Trinajstić information content (AvgIpc) is 1.85. The highest BCUT2D eigenvalue weighted by Crippen LogP contribution is 2.36. The minimum atomic E-state index is -0.426. The smallest absolute Gasteiger partial charge is 0.148 e. The number of rotatable bonds is 1. The highest BCUT2D eigenvalue weighted by molar-refractivity contribution is 5.66. The van der Waals surface area contributed by atoms with Gasteiger partial charge >= 0.3 is 0 Å². The lowest BCUT2D eigenvalue weighted by atomic mass is 10.2. The van der Waals surface area contributed by atoms with E-state index in [1.807, 2.05) is 0 Å². The minimum absolute atomic E-state index is 0.234. The fraction of sp³-hybridized carbons (Fsp3) is 0. The van der Waals surface area contributed by atoms with Gasteiger partial charge < -0.3 is 15.3 Å². The molecule has 0 radical (unpaired) electrons. The van der Waals surface area contributed by atoms with E-state index in [-0.39, 0.29) is 11.4 Å². The topological polar surface area (TPSA) is 93.0 Å². The summed E-state index contributed by atoms with van der Waals surface area (Å²) < 4.78 is 0. The molecule has 0 fully saturated rings. The van der Waals surface area contributed by atoms with Crippen LogP contribution in [-0.4, -0.2) is 20.5 Å². The van der Waals surface area contributed by atoms with E-state index in [1.54, 1.807) is 5.48 Å². The van der Waals surface area contributed by atoms with Crippen molar-refractivity contribution in [3.63, 3.8) is 0 Å². The van der Waals surface area contributed by atoms with Gasteiger partial charge in [-0.3, -0.25) is 10.7 Å². The molecule has 0 aliphatic heterocycles. The zero-order valence-corrected chi connectivity index (χ0v) is 5.44. The standard InChI is InChI=1S/C6H7NO4/c8-3-1-4(9)6(7-11)5(10)2-3/h1-2,7-11H. The van der Waals surface area contributed by atoms with E-state index < -0.39 is 11.5 Å². The zero-order chi connectivity index (χ0) is 8.43. The monoisotopic (exact) mass is 157 g/mol. The van der Waals surface area contributed by atoms with E-state index in [1.165, 1.54) is 0 Å². The first-order valence-electron chi connectivity index (χ1n) is 2.80. The SMILES string of the molecule is ONc1c(O)cc(O)cc1O. The summed E-state index contributed by atoms with van der Waals surface area (Å²) in [6.45, 7) is 0. The van der Waals surface area contributed by atoms with Crippen molar-refractivity contribution in [2.24, 2.45) is 0 Å². The van der Waals surface area contributed by atoms with Crippen LogP contribution in [0.15, 0.2) is 12.1 Å². The zero-order valence-electron chi connectivity index (χ0n) is 5.44. The Hall–Kier alpha value is -1.62. The van der Waals surface area contributed by atoms with Gasteiger partial charge in [0.25, 0.3) is 0 Å². The first kappa shape index (κ1) is 7.49. The molecule has 0 saturated heterocycles. The first-order valence-corrected chi connectivity index (χ1v) is 2.80. The van der Waals surface area contributed by atoms with Crippen LogP contribution in [0, 0.1) is 0 Å². The van der Waals surface area contributed by atoms with Crippen LogP contribution in [0.1, 0.15) is 0 Å². The second-order valence-electron chi connectivity index (χ2n) is 1.97. The molecule has 1 rings (SSSR count). The summed E-state index contributed by atoms with van der Waals surface area (Å²) in [6.07, 6.45) is 0. The number of nitrogens with one attached hydrogen (secondary N) is 1. The summed E-state index contributed by atoms with van der Waals surface area (Å²) in [7, 11) is 0. The maximum absolute atomic E-state index is 8.93. The maximum Gasteiger partial charge on any atom is 0.148 e. The Morgan fingerprint density at radius 2 is 1.45 bits per heavy atom. The molecule has 0 amide bonds. The Morgan fingerprint density at radius 1 is 1.00 bits per heavy atom. The van der Waals surface area contributed by atoms with Gasteiger partial charge in [0.2, 0.25) is 0 Å². The minimum Gasteiger partial charge on any atom is -0.508 e. The van der Waals surface area contributed by atoms with Crippen molar-refractivity contribution in [2.75, 3.05) is 5.48 Å². The van der Waals surface area contributed by atoms with Crippen molar-refractivity contribution < 1.29 is 20.5 Å². The Kier molecular flexibility index (Phi) is 1.74. The van der Waals surface area contributed by atoms with Gasteiger partial charge in [0.05, 0.1) is 0 Å². The van der Waals surface area contributed by atoms with Crippen LogP contribution in [0.3, 0.4) is 0 Å². The summed E-state index contributed by atoms with van der Waals surface area (Å²) in [5.74, 6) is -1.13. The number of aromatic hydroxyl groups is 3.